The first-order chi connectivity index (χ1) is 10.7. The number of aryl methyl sites for hydroxylation is 2. The molecule has 2 N–H and O–H groups in total. The third-order valence-electron chi connectivity index (χ3n) is 3.26. The summed E-state index contributed by atoms with van der Waals surface area (Å²) < 4.78 is 0. The molecule has 22 heavy (non-hydrogen) atoms. The van der Waals surface area contributed by atoms with Gasteiger partial charge in [-0.1, -0.05) is 12.1 Å². The highest BCUT2D eigenvalue weighted by atomic mass is 32.1. The van der Waals surface area contributed by atoms with Gasteiger partial charge in [-0.15, -0.1) is 21.5 Å². The van der Waals surface area contributed by atoms with Gasteiger partial charge in [-0.25, -0.2) is 4.98 Å². The van der Waals surface area contributed by atoms with Crippen molar-refractivity contribution >= 4 is 28.3 Å². The molecule has 0 aliphatic rings. The van der Waals surface area contributed by atoms with E-state index in [0.29, 0.717) is 19.4 Å². The van der Waals surface area contributed by atoms with Crippen molar-refractivity contribution in [2.24, 2.45) is 0 Å². The predicted octanol–water partition coefficient (Wildman–Crippen LogP) is 2.01. The van der Waals surface area contributed by atoms with E-state index in [-0.39, 0.29) is 5.91 Å². The van der Waals surface area contributed by atoms with Crippen LogP contribution in [0.1, 0.15) is 22.3 Å². The average molecular weight is 315 g/mol. The Morgan fingerprint density at radius 1 is 1.27 bits per heavy atom. The standard InChI is InChI=1S/C15H17N5OS/c1-10-19-20-15(22-10)8-9-16-14(21)7-6-13-17-11-4-2-3-5-12(11)18-13/h2-5H,6-9H2,1H3,(H,16,21)(H,17,18). The highest BCUT2D eigenvalue weighted by molar-refractivity contribution is 7.11. The molecule has 0 saturated heterocycles. The summed E-state index contributed by atoms with van der Waals surface area (Å²) in [5.74, 6) is 0.873. The van der Waals surface area contributed by atoms with Crippen LogP contribution in [0.3, 0.4) is 0 Å². The lowest BCUT2D eigenvalue weighted by Crippen LogP contribution is -2.25. The van der Waals surface area contributed by atoms with Crippen LogP contribution in [0, 0.1) is 6.92 Å². The van der Waals surface area contributed by atoms with Crippen LogP contribution in [0.15, 0.2) is 24.3 Å². The Morgan fingerprint density at radius 3 is 2.91 bits per heavy atom. The normalized spacial score (nSPS) is 11.0. The molecule has 1 aromatic carbocycles. The second-order valence-electron chi connectivity index (χ2n) is 5.02. The molecule has 3 aromatic rings. The van der Waals surface area contributed by atoms with E-state index in [1.165, 1.54) is 0 Å². The Morgan fingerprint density at radius 2 is 2.14 bits per heavy atom. The first kappa shape index (κ1) is 14.6. The van der Waals surface area contributed by atoms with Crippen molar-refractivity contribution in [2.75, 3.05) is 6.54 Å². The summed E-state index contributed by atoms with van der Waals surface area (Å²) in [6.07, 6.45) is 1.76. The summed E-state index contributed by atoms with van der Waals surface area (Å²) in [7, 11) is 0. The SMILES string of the molecule is Cc1nnc(CCNC(=O)CCc2nc3ccccc3[nH]2)s1. The van der Waals surface area contributed by atoms with Crippen LogP contribution in [0.2, 0.25) is 0 Å². The minimum Gasteiger partial charge on any atom is -0.356 e. The highest BCUT2D eigenvalue weighted by Gasteiger charge is 2.07. The molecule has 0 fully saturated rings. The first-order valence-corrected chi connectivity index (χ1v) is 8.01. The number of aromatic nitrogens is 4. The lowest BCUT2D eigenvalue weighted by atomic mass is 10.3. The Balaban J connectivity index is 1.43. The van der Waals surface area contributed by atoms with Gasteiger partial charge < -0.3 is 10.3 Å². The molecule has 0 saturated carbocycles. The van der Waals surface area contributed by atoms with E-state index in [0.717, 1.165) is 33.3 Å². The Hall–Kier alpha value is -2.28. The van der Waals surface area contributed by atoms with Crippen molar-refractivity contribution in [3.8, 4) is 0 Å². The number of carbonyl (C=O) groups is 1. The van der Waals surface area contributed by atoms with Gasteiger partial charge in [0.2, 0.25) is 5.91 Å². The number of imidazole rings is 1. The first-order valence-electron chi connectivity index (χ1n) is 7.20. The van der Waals surface area contributed by atoms with Crippen LogP contribution in [0.25, 0.3) is 11.0 Å². The summed E-state index contributed by atoms with van der Waals surface area (Å²) in [5.41, 5.74) is 1.94. The number of para-hydroxylation sites is 2. The van der Waals surface area contributed by atoms with E-state index >= 15 is 0 Å². The zero-order valence-electron chi connectivity index (χ0n) is 12.3. The summed E-state index contributed by atoms with van der Waals surface area (Å²) in [4.78, 5) is 19.5. The zero-order valence-corrected chi connectivity index (χ0v) is 13.1. The van der Waals surface area contributed by atoms with Crippen LogP contribution in [0.4, 0.5) is 0 Å². The van der Waals surface area contributed by atoms with Crippen molar-refractivity contribution in [2.45, 2.75) is 26.2 Å². The maximum atomic E-state index is 11.8. The molecule has 0 radical (unpaired) electrons. The van der Waals surface area contributed by atoms with Crippen molar-refractivity contribution in [1.29, 1.82) is 0 Å². The van der Waals surface area contributed by atoms with E-state index in [2.05, 4.69) is 25.5 Å². The predicted molar refractivity (Wildman–Crippen MR) is 85.8 cm³/mol. The largest absolute Gasteiger partial charge is 0.356 e. The number of aromatic amines is 1. The minimum atomic E-state index is 0.0293. The fraction of sp³-hybridized carbons (Fsp3) is 0.333. The fourth-order valence-electron chi connectivity index (χ4n) is 2.19. The summed E-state index contributed by atoms with van der Waals surface area (Å²) in [6.45, 7) is 2.51. The minimum absolute atomic E-state index is 0.0293. The Kier molecular flexibility index (Phi) is 4.43. The maximum absolute atomic E-state index is 11.8. The number of fused-ring (bicyclic) bond motifs is 1. The molecule has 0 bridgehead atoms. The molecule has 2 aromatic heterocycles. The van der Waals surface area contributed by atoms with Crippen molar-refractivity contribution in [1.82, 2.24) is 25.5 Å². The van der Waals surface area contributed by atoms with Crippen LogP contribution in [-0.4, -0.2) is 32.6 Å². The third kappa shape index (κ3) is 3.67. The van der Waals surface area contributed by atoms with E-state index in [1.54, 1.807) is 11.3 Å². The molecule has 1 amide bonds. The smallest absolute Gasteiger partial charge is 0.220 e. The molecular formula is C15H17N5OS. The van der Waals surface area contributed by atoms with Crippen LogP contribution in [-0.2, 0) is 17.6 Å². The van der Waals surface area contributed by atoms with Gasteiger partial charge in [-0.2, -0.15) is 0 Å². The van der Waals surface area contributed by atoms with Crippen LogP contribution in [0.5, 0.6) is 0 Å². The van der Waals surface area contributed by atoms with Crippen LogP contribution < -0.4 is 5.32 Å². The van der Waals surface area contributed by atoms with E-state index < -0.39 is 0 Å². The molecule has 2 heterocycles. The lowest BCUT2D eigenvalue weighted by Gasteiger charge is -2.02. The molecule has 6 nitrogen and oxygen atoms in total. The molecule has 0 atom stereocenters. The van der Waals surface area contributed by atoms with Gasteiger partial charge in [0.15, 0.2) is 0 Å². The van der Waals surface area contributed by atoms with Gasteiger partial charge in [-0.05, 0) is 19.1 Å². The maximum Gasteiger partial charge on any atom is 0.220 e. The quantitative estimate of drug-likeness (QED) is 0.729. The second kappa shape index (κ2) is 6.65. The highest BCUT2D eigenvalue weighted by Crippen LogP contribution is 2.11. The van der Waals surface area contributed by atoms with Crippen molar-refractivity contribution < 1.29 is 4.79 Å². The van der Waals surface area contributed by atoms with Gasteiger partial charge in [0.1, 0.15) is 15.8 Å². The summed E-state index contributed by atoms with van der Waals surface area (Å²) in [5, 5.41) is 12.8. The molecule has 7 heteroatoms. The van der Waals surface area contributed by atoms with Crippen molar-refractivity contribution in [3.05, 3.63) is 40.1 Å². The topological polar surface area (TPSA) is 83.6 Å². The number of carbonyl (C=O) groups excluding carboxylic acids is 1. The number of H-pyrrole nitrogens is 1. The number of hydrogen-bond donors (Lipinski definition) is 2. The molecule has 114 valence electrons. The number of benzene rings is 1. The number of rotatable bonds is 6. The molecule has 0 aliphatic carbocycles. The summed E-state index contributed by atoms with van der Waals surface area (Å²) >= 11 is 1.56. The number of nitrogens with zero attached hydrogens (tertiary/aromatic N) is 3. The Labute approximate surface area is 132 Å². The molecular weight excluding hydrogens is 298 g/mol. The van der Waals surface area contributed by atoms with Gasteiger partial charge in [-0.3, -0.25) is 4.79 Å². The Bertz CT molecular complexity index is 746. The molecule has 0 aliphatic heterocycles. The fourth-order valence-corrected chi connectivity index (χ4v) is 2.90. The summed E-state index contributed by atoms with van der Waals surface area (Å²) in [6, 6.07) is 7.86. The van der Waals surface area contributed by atoms with E-state index in [4.69, 9.17) is 0 Å². The van der Waals surface area contributed by atoms with Gasteiger partial charge in [0, 0.05) is 25.8 Å². The number of nitrogens with one attached hydrogen (secondary N) is 2. The average Bonchev–Trinajstić information content (AvgIpc) is 3.11. The third-order valence-corrected chi connectivity index (χ3v) is 4.15. The monoisotopic (exact) mass is 315 g/mol. The number of hydrogen-bond acceptors (Lipinski definition) is 5. The van der Waals surface area contributed by atoms with Gasteiger partial charge >= 0.3 is 0 Å². The zero-order chi connectivity index (χ0) is 15.4. The van der Waals surface area contributed by atoms with Crippen molar-refractivity contribution in [3.63, 3.8) is 0 Å². The van der Waals surface area contributed by atoms with Crippen LogP contribution >= 0.6 is 11.3 Å². The molecule has 3 rings (SSSR count). The lowest BCUT2D eigenvalue weighted by molar-refractivity contribution is -0.121. The molecule has 0 unspecified atom stereocenters. The van der Waals surface area contributed by atoms with Gasteiger partial charge in [0.25, 0.3) is 0 Å². The molecule has 0 spiro atoms. The van der Waals surface area contributed by atoms with Gasteiger partial charge in [0.05, 0.1) is 11.0 Å². The van der Waals surface area contributed by atoms with E-state index in [1.807, 2.05) is 31.2 Å². The number of amides is 1. The van der Waals surface area contributed by atoms with E-state index in [9.17, 15) is 4.79 Å². The second-order valence-corrected chi connectivity index (χ2v) is 6.28.